The highest BCUT2D eigenvalue weighted by molar-refractivity contribution is 5.98. The summed E-state index contributed by atoms with van der Waals surface area (Å²) in [5.41, 5.74) is 2.11. The molecule has 6 nitrogen and oxygen atoms in total. The summed E-state index contributed by atoms with van der Waals surface area (Å²) >= 11 is 0. The number of nitrogens with one attached hydrogen (secondary N) is 1. The van der Waals surface area contributed by atoms with Gasteiger partial charge in [0.05, 0.1) is 4.92 Å². The zero-order valence-corrected chi connectivity index (χ0v) is 11.5. The second-order valence-electron chi connectivity index (χ2n) is 4.38. The van der Waals surface area contributed by atoms with Gasteiger partial charge in [0, 0.05) is 12.3 Å². The first-order valence-corrected chi connectivity index (χ1v) is 6.72. The van der Waals surface area contributed by atoms with Crippen molar-refractivity contribution < 1.29 is 9.72 Å². The van der Waals surface area contributed by atoms with Crippen LogP contribution in [-0.2, 0) is 0 Å². The van der Waals surface area contributed by atoms with Gasteiger partial charge in [0.25, 0.3) is 11.6 Å². The van der Waals surface area contributed by atoms with E-state index in [9.17, 15) is 14.9 Å². The molecule has 0 aliphatic rings. The van der Waals surface area contributed by atoms with Crippen molar-refractivity contribution in [3.63, 3.8) is 0 Å². The Balaban J connectivity index is 2.47. The number of carbonyl (C=O) groups is 1. The van der Waals surface area contributed by atoms with E-state index >= 15 is 0 Å². The van der Waals surface area contributed by atoms with Crippen LogP contribution in [0.1, 0.15) is 49.4 Å². The van der Waals surface area contributed by atoms with E-state index in [1.165, 1.54) is 31.0 Å². The lowest BCUT2D eigenvalue weighted by molar-refractivity contribution is -0.385. The highest BCUT2D eigenvalue weighted by atomic mass is 16.6. The predicted molar refractivity (Wildman–Crippen MR) is 77.8 cm³/mol. The number of hydrazone groups is 1. The Morgan fingerprint density at radius 3 is 2.80 bits per heavy atom. The number of amides is 1. The number of nitrogens with zero attached hydrogens (tertiary/aromatic N) is 2. The Hall–Kier alpha value is -2.24. The van der Waals surface area contributed by atoms with Crippen molar-refractivity contribution in [1.82, 2.24) is 5.43 Å². The normalized spacial score (nSPS) is 10.7. The van der Waals surface area contributed by atoms with Crippen LogP contribution in [-0.4, -0.2) is 17.0 Å². The number of rotatable bonds is 8. The van der Waals surface area contributed by atoms with Crippen molar-refractivity contribution in [2.45, 2.75) is 39.0 Å². The summed E-state index contributed by atoms with van der Waals surface area (Å²) in [5.74, 6) is -0.567. The molecular formula is C14H19N3O3. The molecule has 0 atom stereocenters. The highest BCUT2D eigenvalue weighted by Gasteiger charge is 2.18. The minimum Gasteiger partial charge on any atom is -0.267 e. The third kappa shape index (κ3) is 5.17. The number of carbonyl (C=O) groups excluding carboxylic acids is 1. The molecule has 0 radical (unpaired) electrons. The Morgan fingerprint density at radius 1 is 1.35 bits per heavy atom. The third-order valence-electron chi connectivity index (χ3n) is 2.79. The fourth-order valence-corrected chi connectivity index (χ4v) is 1.72. The van der Waals surface area contributed by atoms with Gasteiger partial charge >= 0.3 is 0 Å². The van der Waals surface area contributed by atoms with Crippen LogP contribution in [0.25, 0.3) is 0 Å². The molecule has 0 unspecified atom stereocenters. The number of benzene rings is 1. The molecule has 0 saturated heterocycles. The van der Waals surface area contributed by atoms with Gasteiger partial charge in [-0.1, -0.05) is 38.3 Å². The lowest BCUT2D eigenvalue weighted by Gasteiger charge is -2.00. The molecule has 1 aromatic carbocycles. The largest absolute Gasteiger partial charge is 0.282 e. The molecule has 0 aliphatic carbocycles. The van der Waals surface area contributed by atoms with Crippen LogP contribution in [0.3, 0.4) is 0 Å². The topological polar surface area (TPSA) is 84.6 Å². The SMILES string of the molecule is CCCCCCC=NNC(=O)c1ccccc1[N+](=O)[O-]. The van der Waals surface area contributed by atoms with Crippen LogP contribution in [0, 0.1) is 10.1 Å². The van der Waals surface area contributed by atoms with Gasteiger partial charge in [-0.25, -0.2) is 5.43 Å². The second-order valence-corrected chi connectivity index (χ2v) is 4.38. The molecule has 6 heteroatoms. The molecule has 0 aliphatic heterocycles. The molecular weight excluding hydrogens is 258 g/mol. The molecule has 0 bridgehead atoms. The Labute approximate surface area is 118 Å². The maximum absolute atomic E-state index is 11.8. The van der Waals surface area contributed by atoms with Gasteiger partial charge in [0.15, 0.2) is 0 Å². The van der Waals surface area contributed by atoms with Crippen LogP contribution < -0.4 is 5.43 Å². The Morgan fingerprint density at radius 2 is 2.10 bits per heavy atom. The lowest BCUT2D eigenvalue weighted by Crippen LogP contribution is -2.18. The molecule has 0 fully saturated rings. The Kier molecular flexibility index (Phi) is 6.95. The molecule has 0 aromatic heterocycles. The monoisotopic (exact) mass is 277 g/mol. The molecule has 0 saturated carbocycles. The van der Waals surface area contributed by atoms with E-state index in [4.69, 9.17) is 0 Å². The second kappa shape index (κ2) is 8.79. The van der Waals surface area contributed by atoms with Gasteiger partial charge in [0.1, 0.15) is 5.56 Å². The van der Waals surface area contributed by atoms with Crippen molar-refractivity contribution in [3.8, 4) is 0 Å². The highest BCUT2D eigenvalue weighted by Crippen LogP contribution is 2.17. The average Bonchev–Trinajstić information content (AvgIpc) is 2.46. The smallest absolute Gasteiger partial charge is 0.267 e. The summed E-state index contributed by atoms with van der Waals surface area (Å²) in [4.78, 5) is 22.0. The molecule has 1 amide bonds. The van der Waals surface area contributed by atoms with Crippen molar-refractivity contribution in [1.29, 1.82) is 0 Å². The predicted octanol–water partition coefficient (Wildman–Crippen LogP) is 3.28. The first-order valence-electron chi connectivity index (χ1n) is 6.72. The summed E-state index contributed by atoms with van der Waals surface area (Å²) in [6, 6.07) is 5.80. The van der Waals surface area contributed by atoms with E-state index in [1.807, 2.05) is 0 Å². The first kappa shape index (κ1) is 15.8. The molecule has 1 rings (SSSR count). The van der Waals surface area contributed by atoms with E-state index in [1.54, 1.807) is 12.3 Å². The minimum atomic E-state index is -0.580. The van der Waals surface area contributed by atoms with Gasteiger partial charge in [-0.15, -0.1) is 0 Å². The number of hydrogen-bond acceptors (Lipinski definition) is 4. The van der Waals surface area contributed by atoms with Gasteiger partial charge < -0.3 is 0 Å². The van der Waals surface area contributed by atoms with Gasteiger partial charge in [0.2, 0.25) is 0 Å². The van der Waals surface area contributed by atoms with Crippen molar-refractivity contribution in [2.24, 2.45) is 5.10 Å². The van der Waals surface area contributed by atoms with E-state index in [0.717, 1.165) is 19.3 Å². The van der Waals surface area contributed by atoms with E-state index in [0.29, 0.717) is 0 Å². The van der Waals surface area contributed by atoms with Gasteiger partial charge in [-0.3, -0.25) is 14.9 Å². The summed E-state index contributed by atoms with van der Waals surface area (Å²) in [7, 11) is 0. The zero-order chi connectivity index (χ0) is 14.8. The number of unbranched alkanes of at least 4 members (excludes halogenated alkanes) is 4. The molecule has 0 spiro atoms. The van der Waals surface area contributed by atoms with Crippen molar-refractivity contribution >= 4 is 17.8 Å². The lowest BCUT2D eigenvalue weighted by atomic mass is 10.2. The number of hydrogen-bond donors (Lipinski definition) is 1. The average molecular weight is 277 g/mol. The first-order chi connectivity index (χ1) is 9.66. The van der Waals surface area contributed by atoms with Crippen LogP contribution in [0.15, 0.2) is 29.4 Å². The van der Waals surface area contributed by atoms with Crippen LogP contribution in [0.2, 0.25) is 0 Å². The molecule has 1 N–H and O–H groups in total. The van der Waals surface area contributed by atoms with E-state index < -0.39 is 10.8 Å². The third-order valence-corrected chi connectivity index (χ3v) is 2.79. The van der Waals surface area contributed by atoms with Crippen LogP contribution in [0.5, 0.6) is 0 Å². The Bertz CT molecular complexity index is 486. The fourth-order valence-electron chi connectivity index (χ4n) is 1.72. The number of para-hydroxylation sites is 1. The van der Waals surface area contributed by atoms with Crippen molar-refractivity contribution in [3.05, 3.63) is 39.9 Å². The number of nitro groups is 1. The van der Waals surface area contributed by atoms with Gasteiger partial charge in [-0.2, -0.15) is 5.10 Å². The van der Waals surface area contributed by atoms with Gasteiger partial charge in [-0.05, 0) is 18.9 Å². The summed E-state index contributed by atoms with van der Waals surface area (Å²) in [5, 5.41) is 14.6. The zero-order valence-electron chi connectivity index (χ0n) is 11.5. The maximum atomic E-state index is 11.8. The summed E-state index contributed by atoms with van der Waals surface area (Å²) in [6.07, 6.45) is 6.95. The molecule has 108 valence electrons. The molecule has 0 heterocycles. The molecule has 20 heavy (non-hydrogen) atoms. The minimum absolute atomic E-state index is 0.0145. The summed E-state index contributed by atoms with van der Waals surface area (Å²) < 4.78 is 0. The summed E-state index contributed by atoms with van der Waals surface area (Å²) in [6.45, 7) is 2.14. The van der Waals surface area contributed by atoms with Crippen LogP contribution >= 0.6 is 0 Å². The standard InChI is InChI=1S/C14H19N3O3/c1-2-3-4-5-8-11-15-16-14(18)12-9-6-7-10-13(12)17(19)20/h6-7,9-11H,2-5,8H2,1H3,(H,16,18). The fraction of sp³-hybridized carbons (Fsp3) is 0.429. The van der Waals surface area contributed by atoms with E-state index in [2.05, 4.69) is 17.5 Å². The van der Waals surface area contributed by atoms with Crippen LogP contribution in [0.4, 0.5) is 5.69 Å². The maximum Gasteiger partial charge on any atom is 0.282 e. The number of nitro benzene ring substituents is 1. The quantitative estimate of drug-likeness (QED) is 0.342. The van der Waals surface area contributed by atoms with Crippen molar-refractivity contribution in [2.75, 3.05) is 0 Å². The molecule has 1 aromatic rings. The van der Waals surface area contributed by atoms with E-state index in [-0.39, 0.29) is 11.3 Å².